The molecule has 0 aromatic heterocycles. The van der Waals surface area contributed by atoms with Crippen molar-refractivity contribution in [3.63, 3.8) is 0 Å². The minimum atomic E-state index is 1.17. The summed E-state index contributed by atoms with van der Waals surface area (Å²) in [5, 5.41) is 0. The van der Waals surface area contributed by atoms with Gasteiger partial charge in [0.1, 0.15) is 0 Å². The zero-order chi connectivity index (χ0) is 26.2. The van der Waals surface area contributed by atoms with E-state index in [1.165, 1.54) is 97.6 Å². The fourth-order valence-corrected chi connectivity index (χ4v) is 3.34. The molecule has 192 valence electrons. The van der Waals surface area contributed by atoms with Gasteiger partial charge in [-0.15, -0.1) is 0 Å². The summed E-state index contributed by atoms with van der Waals surface area (Å²) in [6.07, 6.45) is 29.5. The quantitative estimate of drug-likeness (QED) is 0.121. The molecule has 34 heavy (non-hydrogen) atoms. The second-order valence-corrected chi connectivity index (χ2v) is 9.97. The van der Waals surface area contributed by atoms with Crippen LogP contribution in [0.1, 0.15) is 120 Å². The maximum absolute atomic E-state index is 3.36. The van der Waals surface area contributed by atoms with Crippen LogP contribution >= 0.6 is 0 Å². The van der Waals surface area contributed by atoms with Gasteiger partial charge in [-0.05, 0) is 120 Å². The molecule has 0 unspecified atom stereocenters. The van der Waals surface area contributed by atoms with Gasteiger partial charge in [-0.1, -0.05) is 95.2 Å². The molecule has 0 rings (SSSR count). The summed E-state index contributed by atoms with van der Waals surface area (Å²) in [5.74, 6) is 0. The van der Waals surface area contributed by atoms with E-state index in [0.29, 0.717) is 0 Å². The highest BCUT2D eigenvalue weighted by Crippen LogP contribution is 2.14. The third-order valence-corrected chi connectivity index (χ3v) is 5.56. The molecule has 0 spiro atoms. The van der Waals surface area contributed by atoms with Gasteiger partial charge in [0.2, 0.25) is 0 Å². The van der Waals surface area contributed by atoms with Crippen LogP contribution in [0.2, 0.25) is 0 Å². The lowest BCUT2D eigenvalue weighted by Gasteiger charge is -2.02. The van der Waals surface area contributed by atoms with Crippen molar-refractivity contribution in [2.75, 3.05) is 0 Å². The molecule has 0 amide bonds. The predicted molar refractivity (Wildman–Crippen MR) is 160 cm³/mol. The first-order chi connectivity index (χ1) is 16.1. The van der Waals surface area contributed by atoms with Crippen molar-refractivity contribution in [2.24, 2.45) is 0 Å². The largest absolute Gasteiger partial charge is 0.0991 e. The number of hydrogen-bond acceptors (Lipinski definition) is 0. The number of allylic oxidation sites excluding steroid dienone is 14. The second kappa shape index (κ2) is 24.1. The van der Waals surface area contributed by atoms with Gasteiger partial charge < -0.3 is 0 Å². The highest BCUT2D eigenvalue weighted by molar-refractivity contribution is 5.08. The smallest absolute Gasteiger partial charge is 0.0288 e. The Balaban J connectivity index is 0. The monoisotopic (exact) mass is 464 g/mol. The molecule has 0 heteroatoms. The molecule has 0 fully saturated rings. The molecular weight excluding hydrogens is 408 g/mol. The zero-order valence-electron chi connectivity index (χ0n) is 24.1. The first kappa shape index (κ1) is 34.1. The molecule has 0 bridgehead atoms. The van der Waals surface area contributed by atoms with E-state index in [-0.39, 0.29) is 0 Å². The van der Waals surface area contributed by atoms with E-state index in [9.17, 15) is 0 Å². The third kappa shape index (κ3) is 28.0. The van der Waals surface area contributed by atoms with Crippen LogP contribution in [0.3, 0.4) is 0 Å². The van der Waals surface area contributed by atoms with E-state index in [4.69, 9.17) is 0 Å². The molecule has 0 radical (unpaired) electrons. The van der Waals surface area contributed by atoms with Gasteiger partial charge >= 0.3 is 0 Å². The Morgan fingerprint density at radius 2 is 0.618 bits per heavy atom. The fourth-order valence-electron chi connectivity index (χ4n) is 3.34. The van der Waals surface area contributed by atoms with Crippen LogP contribution < -0.4 is 0 Å². The molecule has 0 aliphatic rings. The minimum Gasteiger partial charge on any atom is -0.0991 e. The van der Waals surface area contributed by atoms with Crippen LogP contribution in [-0.4, -0.2) is 0 Å². The Bertz CT molecular complexity index is 656. The lowest BCUT2D eigenvalue weighted by atomic mass is 10.0. The van der Waals surface area contributed by atoms with Crippen LogP contribution in [-0.2, 0) is 0 Å². The van der Waals surface area contributed by atoms with Gasteiger partial charge in [0.15, 0.2) is 0 Å². The highest BCUT2D eigenvalue weighted by atomic mass is 14.0. The van der Waals surface area contributed by atoms with E-state index < -0.39 is 0 Å². The summed E-state index contributed by atoms with van der Waals surface area (Å²) in [4.78, 5) is 0. The molecule has 0 aliphatic carbocycles. The average Bonchev–Trinajstić information content (AvgIpc) is 2.76. The first-order valence-electron chi connectivity index (χ1n) is 13.2. The van der Waals surface area contributed by atoms with Crippen molar-refractivity contribution >= 4 is 0 Å². The van der Waals surface area contributed by atoms with Crippen molar-refractivity contribution in [3.05, 3.63) is 95.2 Å². The topological polar surface area (TPSA) is 0 Å². The molecule has 0 nitrogen and oxygen atoms in total. The van der Waals surface area contributed by atoms with Crippen LogP contribution in [0.5, 0.6) is 0 Å². The summed E-state index contributed by atoms with van der Waals surface area (Å²) in [7, 11) is 0. The van der Waals surface area contributed by atoms with E-state index in [1.807, 2.05) is 0 Å². The number of unbranched alkanes of at least 4 members (excludes halogenated alkanes) is 1. The fraction of sp³-hybridized carbons (Fsp3) is 0.529. The summed E-state index contributed by atoms with van der Waals surface area (Å²) in [6, 6.07) is 0. The molecule has 0 N–H and O–H groups in total. The molecule has 0 atom stereocenters. The van der Waals surface area contributed by atoms with Crippen LogP contribution in [0, 0.1) is 0 Å². The Kier molecular flexibility index (Phi) is 24.1. The molecule has 0 saturated heterocycles. The number of rotatable bonds is 16. The average molecular weight is 465 g/mol. The van der Waals surface area contributed by atoms with Gasteiger partial charge in [0.25, 0.3) is 0 Å². The highest BCUT2D eigenvalue weighted by Gasteiger charge is 1.94. The lowest BCUT2D eigenvalue weighted by Crippen LogP contribution is -1.82. The van der Waals surface area contributed by atoms with Crippen molar-refractivity contribution < 1.29 is 0 Å². The van der Waals surface area contributed by atoms with Crippen LogP contribution in [0.25, 0.3) is 0 Å². The van der Waals surface area contributed by atoms with Crippen molar-refractivity contribution in [1.29, 1.82) is 0 Å². The molecule has 0 saturated carbocycles. The summed E-state index contributed by atoms with van der Waals surface area (Å²) >= 11 is 0. The molecule has 0 aromatic rings. The Morgan fingerprint density at radius 3 is 0.853 bits per heavy atom. The van der Waals surface area contributed by atoms with Crippen molar-refractivity contribution in [2.45, 2.75) is 120 Å². The van der Waals surface area contributed by atoms with Gasteiger partial charge in [0.05, 0.1) is 0 Å². The zero-order valence-corrected chi connectivity index (χ0v) is 24.1. The summed E-state index contributed by atoms with van der Waals surface area (Å²) < 4.78 is 0. The van der Waals surface area contributed by atoms with Gasteiger partial charge in [-0.3, -0.25) is 0 Å². The standard InChI is InChI=1S/C30H50.C4H6/c1-25(2)15-11-19-29(7)23-13-21-27(5)17-9-10-18-28(6)22-14-24-30(8)20-12-16-26(3)4;1-3-4-2/h15-18,23-24H,9-14,19-22H2,1-8H3;3-4H,1-2H2/b27-17+,28-18+,29-23+,30-24+;. The van der Waals surface area contributed by atoms with E-state index >= 15 is 0 Å². The number of hydrogen-bond donors (Lipinski definition) is 0. The second-order valence-electron chi connectivity index (χ2n) is 9.97. The molecule has 0 aliphatic heterocycles. The van der Waals surface area contributed by atoms with Crippen molar-refractivity contribution in [3.8, 4) is 0 Å². The SMILES string of the molecule is C=CC=C.CC(C)=CCC/C(C)=C/CC/C(C)=C/CC/C=C(\C)CC/C=C(\C)CCC=C(C)C. The predicted octanol–water partition coefficient (Wildman–Crippen LogP) is 12.0. The Labute approximate surface area is 214 Å². The Morgan fingerprint density at radius 1 is 0.382 bits per heavy atom. The summed E-state index contributed by atoms with van der Waals surface area (Å²) in [6.45, 7) is 24.5. The van der Waals surface area contributed by atoms with Gasteiger partial charge in [-0.25, -0.2) is 0 Å². The van der Waals surface area contributed by atoms with Crippen LogP contribution in [0.15, 0.2) is 95.2 Å². The third-order valence-electron chi connectivity index (χ3n) is 5.56. The van der Waals surface area contributed by atoms with Crippen LogP contribution in [0.4, 0.5) is 0 Å². The molecular formula is C34H56. The normalized spacial score (nSPS) is 12.5. The van der Waals surface area contributed by atoms with E-state index in [1.54, 1.807) is 12.2 Å². The van der Waals surface area contributed by atoms with E-state index in [2.05, 4.69) is 105 Å². The maximum Gasteiger partial charge on any atom is -0.0288 e. The maximum atomic E-state index is 3.36. The van der Waals surface area contributed by atoms with Crippen molar-refractivity contribution in [1.82, 2.24) is 0 Å². The van der Waals surface area contributed by atoms with Gasteiger partial charge in [0, 0.05) is 0 Å². The Hall–Kier alpha value is -2.08. The molecule has 0 aromatic carbocycles. The van der Waals surface area contributed by atoms with E-state index in [0.717, 1.165) is 0 Å². The minimum absolute atomic E-state index is 1.17. The summed E-state index contributed by atoms with van der Waals surface area (Å²) in [5.41, 5.74) is 8.97. The molecule has 0 heterocycles. The first-order valence-corrected chi connectivity index (χ1v) is 13.2. The lowest BCUT2D eigenvalue weighted by molar-refractivity contribution is 0.896. The van der Waals surface area contributed by atoms with Gasteiger partial charge in [-0.2, -0.15) is 0 Å².